The first-order chi connectivity index (χ1) is 8.58. The van der Waals surface area contributed by atoms with Crippen LogP contribution >= 0.6 is 0 Å². The molecule has 1 aromatic rings. The van der Waals surface area contributed by atoms with E-state index >= 15 is 0 Å². The molecule has 1 saturated heterocycles. The number of pyridine rings is 1. The first-order valence-electron chi connectivity index (χ1n) is 6.25. The Kier molecular flexibility index (Phi) is 4.14. The minimum absolute atomic E-state index is 0.0482. The first-order valence-corrected chi connectivity index (χ1v) is 6.25. The summed E-state index contributed by atoms with van der Waals surface area (Å²) in [5.74, 6) is 0.0433. The van der Waals surface area contributed by atoms with Crippen molar-refractivity contribution in [3.8, 4) is 5.88 Å². The van der Waals surface area contributed by atoms with E-state index in [4.69, 9.17) is 15.2 Å². The predicted octanol–water partition coefficient (Wildman–Crippen LogP) is 2.01. The van der Waals surface area contributed by atoms with Crippen molar-refractivity contribution in [2.45, 2.75) is 51.5 Å². The molecular formula is C13H19FN2O2. The molecule has 1 aliphatic rings. The molecule has 100 valence electrons. The van der Waals surface area contributed by atoms with Crippen molar-refractivity contribution in [3.63, 3.8) is 0 Å². The quantitative estimate of drug-likeness (QED) is 0.896. The summed E-state index contributed by atoms with van der Waals surface area (Å²) in [5, 5.41) is 0. The molecule has 0 spiro atoms. The maximum atomic E-state index is 13.0. The van der Waals surface area contributed by atoms with Crippen LogP contribution in [-0.4, -0.2) is 23.3 Å². The number of rotatable bonds is 3. The molecule has 5 heteroatoms. The number of nitrogens with two attached hydrogens (primary N) is 1. The molecule has 18 heavy (non-hydrogen) atoms. The lowest BCUT2D eigenvalue weighted by Gasteiger charge is -2.32. The molecule has 0 aromatic carbocycles. The first kappa shape index (κ1) is 13.2. The zero-order valence-electron chi connectivity index (χ0n) is 10.7. The van der Waals surface area contributed by atoms with Gasteiger partial charge in [0, 0.05) is 24.9 Å². The van der Waals surface area contributed by atoms with Crippen molar-refractivity contribution >= 4 is 0 Å². The summed E-state index contributed by atoms with van der Waals surface area (Å²) in [6, 6.07) is 1.37. The second kappa shape index (κ2) is 5.63. The third-order valence-corrected chi connectivity index (χ3v) is 3.04. The third kappa shape index (κ3) is 3.17. The Labute approximate surface area is 106 Å². The molecule has 1 fully saturated rings. The number of aromatic nitrogens is 1. The highest BCUT2D eigenvalue weighted by atomic mass is 19.1. The van der Waals surface area contributed by atoms with Crippen LogP contribution in [0.1, 0.15) is 32.3 Å². The molecule has 2 N–H and O–H groups in total. The number of hydrogen-bond acceptors (Lipinski definition) is 4. The summed E-state index contributed by atoms with van der Waals surface area (Å²) >= 11 is 0. The van der Waals surface area contributed by atoms with E-state index in [1.807, 2.05) is 13.8 Å². The smallest absolute Gasteiger partial charge is 0.218 e. The number of hydrogen-bond donors (Lipinski definition) is 1. The molecule has 2 heterocycles. The van der Waals surface area contributed by atoms with E-state index in [0.717, 1.165) is 19.0 Å². The van der Waals surface area contributed by atoms with Crippen molar-refractivity contribution in [1.29, 1.82) is 0 Å². The molecule has 2 atom stereocenters. The number of nitrogens with zero attached hydrogens (tertiary/aromatic N) is 1. The Morgan fingerprint density at radius 2 is 2.11 bits per heavy atom. The lowest BCUT2D eigenvalue weighted by Crippen LogP contribution is -2.36. The Balaban J connectivity index is 2.08. The molecular weight excluding hydrogens is 235 g/mol. The van der Waals surface area contributed by atoms with Crippen LogP contribution in [0.3, 0.4) is 0 Å². The van der Waals surface area contributed by atoms with Crippen molar-refractivity contribution in [1.82, 2.24) is 4.98 Å². The summed E-state index contributed by atoms with van der Waals surface area (Å²) in [7, 11) is 0. The standard InChI is InChI=1S/C13H19FN2O2/c1-8-3-12(4-9(2)17-8)18-13-10(6-15)5-11(14)7-16-13/h5,7-9,12H,3-4,6,15H2,1-2H3. The Morgan fingerprint density at radius 1 is 1.44 bits per heavy atom. The molecule has 0 radical (unpaired) electrons. The maximum absolute atomic E-state index is 13.0. The van der Waals surface area contributed by atoms with Gasteiger partial charge in [0.05, 0.1) is 18.4 Å². The van der Waals surface area contributed by atoms with Gasteiger partial charge < -0.3 is 15.2 Å². The van der Waals surface area contributed by atoms with Gasteiger partial charge >= 0.3 is 0 Å². The van der Waals surface area contributed by atoms with Crippen LogP contribution in [0.25, 0.3) is 0 Å². The van der Waals surface area contributed by atoms with E-state index in [2.05, 4.69) is 4.98 Å². The second-order valence-electron chi connectivity index (χ2n) is 4.79. The highest BCUT2D eigenvalue weighted by molar-refractivity contribution is 5.26. The normalized spacial score (nSPS) is 28.1. The van der Waals surface area contributed by atoms with Gasteiger partial charge in [0.2, 0.25) is 5.88 Å². The maximum Gasteiger partial charge on any atom is 0.218 e. The Bertz CT molecular complexity index is 404. The number of halogens is 1. The molecule has 0 aliphatic carbocycles. The van der Waals surface area contributed by atoms with Crippen LogP contribution in [0.2, 0.25) is 0 Å². The monoisotopic (exact) mass is 254 g/mol. The van der Waals surface area contributed by atoms with Crippen molar-refractivity contribution in [3.05, 3.63) is 23.6 Å². The molecule has 2 rings (SSSR count). The zero-order valence-corrected chi connectivity index (χ0v) is 10.7. The van der Waals surface area contributed by atoms with E-state index < -0.39 is 5.82 Å². The fourth-order valence-corrected chi connectivity index (χ4v) is 2.32. The van der Waals surface area contributed by atoms with Gasteiger partial charge in [-0.2, -0.15) is 0 Å². The largest absolute Gasteiger partial charge is 0.474 e. The van der Waals surface area contributed by atoms with Gasteiger partial charge in [-0.05, 0) is 19.9 Å². The molecule has 4 nitrogen and oxygen atoms in total. The van der Waals surface area contributed by atoms with E-state index in [0.29, 0.717) is 11.4 Å². The predicted molar refractivity (Wildman–Crippen MR) is 65.7 cm³/mol. The summed E-state index contributed by atoms with van der Waals surface area (Å²) in [4.78, 5) is 3.98. The van der Waals surface area contributed by atoms with Crippen LogP contribution in [0.15, 0.2) is 12.3 Å². The summed E-state index contributed by atoms with van der Waals surface area (Å²) in [6.45, 7) is 4.26. The van der Waals surface area contributed by atoms with Crippen LogP contribution in [-0.2, 0) is 11.3 Å². The van der Waals surface area contributed by atoms with Gasteiger partial charge in [0.25, 0.3) is 0 Å². The zero-order chi connectivity index (χ0) is 13.1. The number of ether oxygens (including phenoxy) is 2. The van der Waals surface area contributed by atoms with Crippen molar-refractivity contribution in [2.75, 3.05) is 0 Å². The minimum atomic E-state index is -0.392. The highest BCUT2D eigenvalue weighted by Gasteiger charge is 2.26. The Hall–Kier alpha value is -1.20. The molecule has 0 saturated carbocycles. The summed E-state index contributed by atoms with van der Waals surface area (Å²) in [5.41, 5.74) is 6.17. The van der Waals surface area contributed by atoms with Crippen LogP contribution in [0.4, 0.5) is 4.39 Å². The molecule has 1 aliphatic heterocycles. The molecule has 0 bridgehead atoms. The van der Waals surface area contributed by atoms with E-state index in [1.54, 1.807) is 0 Å². The third-order valence-electron chi connectivity index (χ3n) is 3.04. The molecule has 1 aromatic heterocycles. The van der Waals surface area contributed by atoms with Gasteiger partial charge in [-0.15, -0.1) is 0 Å². The average Bonchev–Trinajstić information content (AvgIpc) is 2.30. The van der Waals surface area contributed by atoms with Crippen LogP contribution in [0, 0.1) is 5.82 Å². The average molecular weight is 254 g/mol. The van der Waals surface area contributed by atoms with Gasteiger partial charge in [0.1, 0.15) is 11.9 Å². The second-order valence-corrected chi connectivity index (χ2v) is 4.79. The van der Waals surface area contributed by atoms with E-state index in [1.165, 1.54) is 6.07 Å². The van der Waals surface area contributed by atoms with Crippen molar-refractivity contribution < 1.29 is 13.9 Å². The van der Waals surface area contributed by atoms with Gasteiger partial charge in [-0.3, -0.25) is 0 Å². The Morgan fingerprint density at radius 3 is 2.72 bits per heavy atom. The fraction of sp³-hybridized carbons (Fsp3) is 0.615. The fourth-order valence-electron chi connectivity index (χ4n) is 2.32. The SMILES string of the molecule is CC1CC(Oc2ncc(F)cc2CN)CC(C)O1. The summed E-state index contributed by atoms with van der Waals surface area (Å²) in [6.07, 6.45) is 3.16. The van der Waals surface area contributed by atoms with E-state index in [-0.39, 0.29) is 24.9 Å². The van der Waals surface area contributed by atoms with Gasteiger partial charge in [-0.25, -0.2) is 9.37 Å². The van der Waals surface area contributed by atoms with Crippen molar-refractivity contribution in [2.24, 2.45) is 5.73 Å². The van der Waals surface area contributed by atoms with Crippen LogP contribution in [0.5, 0.6) is 5.88 Å². The van der Waals surface area contributed by atoms with Gasteiger partial charge in [0.15, 0.2) is 0 Å². The summed E-state index contributed by atoms with van der Waals surface area (Å²) < 4.78 is 24.5. The topological polar surface area (TPSA) is 57.4 Å². The lowest BCUT2D eigenvalue weighted by molar-refractivity contribution is -0.0731. The van der Waals surface area contributed by atoms with Crippen LogP contribution < -0.4 is 10.5 Å². The lowest BCUT2D eigenvalue weighted by atomic mass is 10.0. The highest BCUT2D eigenvalue weighted by Crippen LogP contribution is 2.25. The molecule has 0 amide bonds. The van der Waals surface area contributed by atoms with Gasteiger partial charge in [-0.1, -0.05) is 0 Å². The molecule has 2 unspecified atom stereocenters. The van der Waals surface area contributed by atoms with E-state index in [9.17, 15) is 4.39 Å². The minimum Gasteiger partial charge on any atom is -0.474 e.